The number of rotatable bonds is 4. The Bertz CT molecular complexity index is 761. The Morgan fingerprint density at radius 2 is 2.00 bits per heavy atom. The smallest absolute Gasteiger partial charge is 0.251 e. The maximum Gasteiger partial charge on any atom is 0.251 e. The molecule has 2 amide bonds. The van der Waals surface area contributed by atoms with Crippen LogP contribution in [0.4, 0.5) is 5.69 Å². The van der Waals surface area contributed by atoms with Gasteiger partial charge in [-0.2, -0.15) is 0 Å². The SMILES string of the molecule is COc1ccc(N2CC(NC(=O)c3cccc(Cl)c3)CC2=O)cc1. The lowest BCUT2D eigenvalue weighted by Crippen LogP contribution is -2.37. The molecule has 3 rings (SSSR count). The van der Waals surface area contributed by atoms with Crippen molar-refractivity contribution in [3.63, 3.8) is 0 Å². The Labute approximate surface area is 145 Å². The molecule has 0 bridgehead atoms. The van der Waals surface area contributed by atoms with E-state index in [2.05, 4.69) is 5.32 Å². The molecule has 1 unspecified atom stereocenters. The van der Waals surface area contributed by atoms with E-state index in [1.807, 2.05) is 12.1 Å². The molecule has 1 N–H and O–H groups in total. The summed E-state index contributed by atoms with van der Waals surface area (Å²) in [5.41, 5.74) is 1.28. The number of anilines is 1. The Morgan fingerprint density at radius 3 is 2.67 bits per heavy atom. The summed E-state index contributed by atoms with van der Waals surface area (Å²) in [5.74, 6) is 0.486. The lowest BCUT2D eigenvalue weighted by atomic mass is 10.2. The fourth-order valence-corrected chi connectivity index (χ4v) is 2.90. The molecule has 0 radical (unpaired) electrons. The molecule has 6 heteroatoms. The molecule has 1 saturated heterocycles. The third kappa shape index (κ3) is 3.51. The topological polar surface area (TPSA) is 58.6 Å². The first-order valence-electron chi connectivity index (χ1n) is 7.57. The molecule has 1 heterocycles. The van der Waals surface area contributed by atoms with Crippen LogP contribution in [0.2, 0.25) is 5.02 Å². The molecular formula is C18H17ClN2O3. The second-order valence-electron chi connectivity index (χ2n) is 5.59. The third-order valence-electron chi connectivity index (χ3n) is 3.93. The Morgan fingerprint density at radius 1 is 1.25 bits per heavy atom. The maximum absolute atomic E-state index is 12.3. The normalized spacial score (nSPS) is 17.0. The summed E-state index contributed by atoms with van der Waals surface area (Å²) in [7, 11) is 1.59. The van der Waals surface area contributed by atoms with Gasteiger partial charge in [-0.25, -0.2) is 0 Å². The molecule has 1 aliphatic heterocycles. The van der Waals surface area contributed by atoms with Crippen LogP contribution in [0.3, 0.4) is 0 Å². The summed E-state index contributed by atoms with van der Waals surface area (Å²) in [5, 5.41) is 3.39. The Balaban J connectivity index is 1.67. The van der Waals surface area contributed by atoms with Crippen molar-refractivity contribution in [2.24, 2.45) is 0 Å². The van der Waals surface area contributed by atoms with Gasteiger partial charge in [-0.05, 0) is 42.5 Å². The fourth-order valence-electron chi connectivity index (χ4n) is 2.71. The summed E-state index contributed by atoms with van der Waals surface area (Å²) in [6.07, 6.45) is 0.276. The second kappa shape index (κ2) is 6.93. The Hall–Kier alpha value is -2.53. The highest BCUT2D eigenvalue weighted by Gasteiger charge is 2.31. The van der Waals surface area contributed by atoms with Crippen LogP contribution in [0, 0.1) is 0 Å². The van der Waals surface area contributed by atoms with Crippen molar-refractivity contribution in [3.05, 3.63) is 59.1 Å². The summed E-state index contributed by atoms with van der Waals surface area (Å²) >= 11 is 5.90. The highest BCUT2D eigenvalue weighted by molar-refractivity contribution is 6.30. The zero-order valence-electron chi connectivity index (χ0n) is 13.2. The molecule has 0 saturated carbocycles. The highest BCUT2D eigenvalue weighted by Crippen LogP contribution is 2.24. The number of amides is 2. The predicted octanol–water partition coefficient (Wildman–Crippen LogP) is 2.88. The molecule has 1 atom stereocenters. The number of hydrogen-bond acceptors (Lipinski definition) is 3. The number of hydrogen-bond donors (Lipinski definition) is 1. The minimum Gasteiger partial charge on any atom is -0.497 e. The van der Waals surface area contributed by atoms with Crippen LogP contribution < -0.4 is 15.0 Å². The zero-order chi connectivity index (χ0) is 17.1. The third-order valence-corrected chi connectivity index (χ3v) is 4.17. The van der Waals surface area contributed by atoms with Crippen molar-refractivity contribution in [2.45, 2.75) is 12.5 Å². The standard InChI is InChI=1S/C18H17ClN2O3/c1-24-16-7-5-15(6-8-16)21-11-14(10-17(21)22)20-18(23)12-3-2-4-13(19)9-12/h2-9,14H,10-11H2,1H3,(H,20,23). The number of ether oxygens (including phenoxy) is 1. The average Bonchev–Trinajstić information content (AvgIpc) is 2.95. The van der Waals surface area contributed by atoms with Gasteiger partial charge in [0, 0.05) is 29.2 Å². The first kappa shape index (κ1) is 16.3. The van der Waals surface area contributed by atoms with Gasteiger partial charge < -0.3 is 15.0 Å². The molecular weight excluding hydrogens is 328 g/mol. The van der Waals surface area contributed by atoms with Gasteiger partial charge in [0.05, 0.1) is 13.2 Å². The van der Waals surface area contributed by atoms with Gasteiger partial charge in [0.2, 0.25) is 5.91 Å². The van der Waals surface area contributed by atoms with Gasteiger partial charge in [0.15, 0.2) is 0 Å². The van der Waals surface area contributed by atoms with Crippen LogP contribution in [0.5, 0.6) is 5.75 Å². The molecule has 1 fully saturated rings. The van der Waals surface area contributed by atoms with Gasteiger partial charge in [-0.3, -0.25) is 9.59 Å². The number of benzene rings is 2. The largest absolute Gasteiger partial charge is 0.497 e. The minimum atomic E-state index is -0.230. The molecule has 0 aromatic heterocycles. The molecule has 1 aliphatic rings. The van der Waals surface area contributed by atoms with Crippen LogP contribution in [0.1, 0.15) is 16.8 Å². The molecule has 0 spiro atoms. The van der Waals surface area contributed by atoms with Gasteiger partial charge in [-0.1, -0.05) is 17.7 Å². The summed E-state index contributed by atoms with van der Waals surface area (Å²) in [6.45, 7) is 0.442. The number of carbonyl (C=O) groups is 2. The molecule has 5 nitrogen and oxygen atoms in total. The van der Waals surface area contributed by atoms with Crippen LogP contribution in [-0.4, -0.2) is 31.5 Å². The number of methoxy groups -OCH3 is 1. The van der Waals surface area contributed by atoms with Crippen LogP contribution in [-0.2, 0) is 4.79 Å². The van der Waals surface area contributed by atoms with Gasteiger partial charge >= 0.3 is 0 Å². The monoisotopic (exact) mass is 344 g/mol. The van der Waals surface area contributed by atoms with Gasteiger partial charge in [-0.15, -0.1) is 0 Å². The van der Waals surface area contributed by atoms with Crippen molar-refractivity contribution >= 4 is 29.1 Å². The average molecular weight is 345 g/mol. The lowest BCUT2D eigenvalue weighted by molar-refractivity contribution is -0.117. The lowest BCUT2D eigenvalue weighted by Gasteiger charge is -2.17. The first-order valence-corrected chi connectivity index (χ1v) is 7.95. The van der Waals surface area contributed by atoms with E-state index in [9.17, 15) is 9.59 Å². The number of halogens is 1. The van der Waals surface area contributed by atoms with Crippen LogP contribution >= 0.6 is 11.6 Å². The van der Waals surface area contributed by atoms with E-state index < -0.39 is 0 Å². The summed E-state index contributed by atoms with van der Waals surface area (Å²) in [4.78, 5) is 26.2. The molecule has 2 aromatic rings. The van der Waals surface area contributed by atoms with Crippen LogP contribution in [0.15, 0.2) is 48.5 Å². The molecule has 124 valence electrons. The van der Waals surface area contributed by atoms with Crippen LogP contribution in [0.25, 0.3) is 0 Å². The number of nitrogens with one attached hydrogen (secondary N) is 1. The van der Waals surface area contributed by atoms with Gasteiger partial charge in [0.1, 0.15) is 5.75 Å². The van der Waals surface area contributed by atoms with E-state index in [1.165, 1.54) is 0 Å². The second-order valence-corrected chi connectivity index (χ2v) is 6.02. The summed E-state index contributed by atoms with van der Waals surface area (Å²) < 4.78 is 5.12. The van der Waals surface area contributed by atoms with E-state index in [1.54, 1.807) is 48.4 Å². The minimum absolute atomic E-state index is 0.0171. The number of nitrogens with zero attached hydrogens (tertiary/aromatic N) is 1. The molecule has 24 heavy (non-hydrogen) atoms. The Kier molecular flexibility index (Phi) is 4.71. The summed E-state index contributed by atoms with van der Waals surface area (Å²) in [6, 6.07) is 13.8. The maximum atomic E-state index is 12.3. The first-order chi connectivity index (χ1) is 11.6. The fraction of sp³-hybridized carbons (Fsp3) is 0.222. The van der Waals surface area contributed by atoms with Crippen molar-refractivity contribution in [3.8, 4) is 5.75 Å². The van der Waals surface area contributed by atoms with Crippen molar-refractivity contribution in [1.29, 1.82) is 0 Å². The molecule has 0 aliphatic carbocycles. The van der Waals surface area contributed by atoms with Gasteiger partial charge in [0.25, 0.3) is 5.91 Å². The van der Waals surface area contributed by atoms with Crippen molar-refractivity contribution < 1.29 is 14.3 Å². The van der Waals surface area contributed by atoms with E-state index >= 15 is 0 Å². The quantitative estimate of drug-likeness (QED) is 0.927. The van der Waals surface area contributed by atoms with Crippen molar-refractivity contribution in [2.75, 3.05) is 18.6 Å². The predicted molar refractivity (Wildman–Crippen MR) is 92.7 cm³/mol. The number of carbonyl (C=O) groups excluding carboxylic acids is 2. The van der Waals surface area contributed by atoms with E-state index in [0.29, 0.717) is 17.1 Å². The highest BCUT2D eigenvalue weighted by atomic mass is 35.5. The van der Waals surface area contributed by atoms with E-state index in [0.717, 1.165) is 11.4 Å². The van der Waals surface area contributed by atoms with E-state index in [4.69, 9.17) is 16.3 Å². The molecule has 2 aromatic carbocycles. The van der Waals surface area contributed by atoms with E-state index in [-0.39, 0.29) is 24.3 Å². The van der Waals surface area contributed by atoms with Crippen molar-refractivity contribution in [1.82, 2.24) is 5.32 Å². The zero-order valence-corrected chi connectivity index (χ0v) is 13.9.